The molecular formula is C17H22FN3. The van der Waals surface area contributed by atoms with E-state index >= 15 is 0 Å². The van der Waals surface area contributed by atoms with E-state index in [1.165, 1.54) is 18.9 Å². The van der Waals surface area contributed by atoms with Crippen molar-refractivity contribution in [1.82, 2.24) is 5.32 Å². The van der Waals surface area contributed by atoms with Gasteiger partial charge in [-0.25, -0.2) is 4.39 Å². The van der Waals surface area contributed by atoms with Crippen molar-refractivity contribution in [1.29, 1.82) is 5.26 Å². The lowest BCUT2D eigenvalue weighted by molar-refractivity contribution is 0.346. The third-order valence-corrected chi connectivity index (χ3v) is 4.77. The zero-order valence-corrected chi connectivity index (χ0v) is 12.5. The lowest BCUT2D eigenvalue weighted by Gasteiger charge is -2.39. The fraction of sp³-hybridized carbons (Fsp3) is 0.588. The number of hydrogen-bond donors (Lipinski definition) is 1. The molecule has 4 heteroatoms. The second kappa shape index (κ2) is 6.03. The van der Waals surface area contributed by atoms with Gasteiger partial charge in [0.15, 0.2) is 0 Å². The van der Waals surface area contributed by atoms with E-state index < -0.39 is 5.82 Å². The molecule has 0 spiro atoms. The van der Waals surface area contributed by atoms with Gasteiger partial charge < -0.3 is 10.2 Å². The highest BCUT2D eigenvalue weighted by Crippen LogP contribution is 2.34. The van der Waals surface area contributed by atoms with Gasteiger partial charge in [0.1, 0.15) is 17.4 Å². The van der Waals surface area contributed by atoms with Crippen molar-refractivity contribution in [2.75, 3.05) is 11.4 Å². The first-order valence-corrected chi connectivity index (χ1v) is 7.94. The average Bonchev–Trinajstić information content (AvgIpc) is 2.83. The van der Waals surface area contributed by atoms with Crippen molar-refractivity contribution in [3.63, 3.8) is 0 Å². The van der Waals surface area contributed by atoms with Crippen LogP contribution < -0.4 is 10.2 Å². The summed E-state index contributed by atoms with van der Waals surface area (Å²) in [6.45, 7) is 3.01. The highest BCUT2D eigenvalue weighted by molar-refractivity contribution is 5.60. The molecular weight excluding hydrogens is 265 g/mol. The van der Waals surface area contributed by atoms with Crippen molar-refractivity contribution in [3.8, 4) is 6.07 Å². The summed E-state index contributed by atoms with van der Waals surface area (Å²) in [6, 6.07) is 8.62. The first-order chi connectivity index (χ1) is 10.2. The van der Waals surface area contributed by atoms with Crippen molar-refractivity contribution >= 4 is 5.69 Å². The van der Waals surface area contributed by atoms with Gasteiger partial charge in [-0.2, -0.15) is 5.26 Å². The van der Waals surface area contributed by atoms with Gasteiger partial charge in [-0.05, 0) is 44.2 Å². The van der Waals surface area contributed by atoms with E-state index in [4.69, 9.17) is 0 Å². The number of piperidine rings is 1. The maximum Gasteiger partial charge on any atom is 0.143 e. The monoisotopic (exact) mass is 287 g/mol. The van der Waals surface area contributed by atoms with E-state index in [0.29, 0.717) is 18.1 Å². The molecule has 0 aromatic heterocycles. The molecule has 0 radical (unpaired) electrons. The van der Waals surface area contributed by atoms with Crippen LogP contribution in [0.2, 0.25) is 0 Å². The molecule has 21 heavy (non-hydrogen) atoms. The van der Waals surface area contributed by atoms with E-state index in [0.717, 1.165) is 31.5 Å². The molecule has 2 bridgehead atoms. The lowest BCUT2D eigenvalue weighted by Crippen LogP contribution is -2.49. The molecule has 2 aliphatic rings. The van der Waals surface area contributed by atoms with Crippen LogP contribution in [0.25, 0.3) is 0 Å². The maximum absolute atomic E-state index is 13.9. The minimum atomic E-state index is -0.409. The molecule has 3 nitrogen and oxygen atoms in total. The molecule has 1 aromatic carbocycles. The number of rotatable bonds is 4. The molecule has 2 unspecified atom stereocenters. The normalized spacial score (nSPS) is 27.4. The van der Waals surface area contributed by atoms with Crippen LogP contribution in [0.1, 0.15) is 44.6 Å². The summed E-state index contributed by atoms with van der Waals surface area (Å²) in [5.74, 6) is -0.409. The molecule has 0 amide bonds. The Labute approximate surface area is 125 Å². The maximum atomic E-state index is 13.9. The Balaban J connectivity index is 1.91. The Morgan fingerprint density at radius 3 is 2.67 bits per heavy atom. The van der Waals surface area contributed by atoms with Gasteiger partial charge in [0.05, 0.1) is 5.69 Å². The van der Waals surface area contributed by atoms with Gasteiger partial charge in [-0.1, -0.05) is 13.0 Å². The van der Waals surface area contributed by atoms with Crippen LogP contribution in [0.15, 0.2) is 18.2 Å². The van der Waals surface area contributed by atoms with Gasteiger partial charge in [-0.15, -0.1) is 0 Å². The molecule has 2 atom stereocenters. The second-order valence-corrected chi connectivity index (χ2v) is 6.20. The molecule has 1 aromatic rings. The standard InChI is InChI=1S/C17H22FN3/c1-2-8-21(14-9-12-6-7-13(10-14)20-12)17-5-3-4-16(18)15(17)11-19/h3-5,12-14,20H,2,6-10H2,1H3. The smallest absolute Gasteiger partial charge is 0.143 e. The zero-order chi connectivity index (χ0) is 14.8. The van der Waals surface area contributed by atoms with E-state index in [2.05, 4.69) is 17.1 Å². The first-order valence-electron chi connectivity index (χ1n) is 7.94. The minimum Gasteiger partial charge on any atom is -0.367 e. The van der Waals surface area contributed by atoms with Crippen LogP contribution in [0.5, 0.6) is 0 Å². The Kier molecular flexibility index (Phi) is 4.12. The third-order valence-electron chi connectivity index (χ3n) is 4.77. The van der Waals surface area contributed by atoms with Crippen molar-refractivity contribution in [3.05, 3.63) is 29.6 Å². The number of hydrogen-bond acceptors (Lipinski definition) is 3. The molecule has 1 N–H and O–H groups in total. The van der Waals surface area contributed by atoms with E-state index in [1.807, 2.05) is 12.1 Å². The summed E-state index contributed by atoms with van der Waals surface area (Å²) in [4.78, 5) is 2.27. The second-order valence-electron chi connectivity index (χ2n) is 6.20. The lowest BCUT2D eigenvalue weighted by atomic mass is 9.96. The number of benzene rings is 1. The largest absolute Gasteiger partial charge is 0.367 e. The van der Waals surface area contributed by atoms with Crippen molar-refractivity contribution in [2.24, 2.45) is 0 Å². The van der Waals surface area contributed by atoms with Crippen molar-refractivity contribution in [2.45, 2.75) is 57.2 Å². The average molecular weight is 287 g/mol. The zero-order valence-electron chi connectivity index (χ0n) is 12.5. The topological polar surface area (TPSA) is 39.1 Å². The third kappa shape index (κ3) is 2.75. The van der Waals surface area contributed by atoms with Crippen LogP contribution in [-0.4, -0.2) is 24.7 Å². The fourth-order valence-corrected chi connectivity index (χ4v) is 3.89. The number of fused-ring (bicyclic) bond motifs is 2. The van der Waals surface area contributed by atoms with Gasteiger partial charge in [0.2, 0.25) is 0 Å². The highest BCUT2D eigenvalue weighted by atomic mass is 19.1. The van der Waals surface area contributed by atoms with Gasteiger partial charge in [0, 0.05) is 24.7 Å². The quantitative estimate of drug-likeness (QED) is 0.924. The van der Waals surface area contributed by atoms with Gasteiger partial charge >= 0.3 is 0 Å². The van der Waals surface area contributed by atoms with Gasteiger partial charge in [0.25, 0.3) is 0 Å². The molecule has 0 saturated carbocycles. The number of nitrogens with one attached hydrogen (secondary N) is 1. The summed E-state index contributed by atoms with van der Waals surface area (Å²) >= 11 is 0. The predicted molar refractivity (Wildman–Crippen MR) is 81.7 cm³/mol. The SMILES string of the molecule is CCCN(c1cccc(F)c1C#N)C1CC2CCC(C1)N2. The first kappa shape index (κ1) is 14.3. The number of halogens is 1. The molecule has 2 heterocycles. The van der Waals surface area contributed by atoms with Crippen LogP contribution in [-0.2, 0) is 0 Å². The van der Waals surface area contributed by atoms with Crippen LogP contribution >= 0.6 is 0 Å². The van der Waals surface area contributed by atoms with E-state index in [1.54, 1.807) is 6.07 Å². The van der Waals surface area contributed by atoms with E-state index in [9.17, 15) is 9.65 Å². The number of anilines is 1. The summed E-state index contributed by atoms with van der Waals surface area (Å²) < 4.78 is 13.9. The van der Waals surface area contributed by atoms with Crippen molar-refractivity contribution < 1.29 is 4.39 Å². The summed E-state index contributed by atoms with van der Waals surface area (Å²) in [6.07, 6.45) is 5.68. The minimum absolute atomic E-state index is 0.192. The fourth-order valence-electron chi connectivity index (χ4n) is 3.89. The Hall–Kier alpha value is -1.60. The number of nitriles is 1. The predicted octanol–water partition coefficient (Wildman–Crippen LogP) is 3.20. The summed E-state index contributed by atoms with van der Waals surface area (Å²) in [5, 5.41) is 12.9. The van der Waals surface area contributed by atoms with Crippen LogP contribution in [0.3, 0.4) is 0 Å². The highest BCUT2D eigenvalue weighted by Gasteiger charge is 2.36. The Bertz CT molecular complexity index is 539. The Morgan fingerprint density at radius 1 is 1.33 bits per heavy atom. The van der Waals surface area contributed by atoms with Gasteiger partial charge in [-0.3, -0.25) is 0 Å². The summed E-state index contributed by atoms with van der Waals surface area (Å²) in [7, 11) is 0. The molecule has 2 aliphatic heterocycles. The van der Waals surface area contributed by atoms with Crippen LogP contribution in [0.4, 0.5) is 10.1 Å². The molecule has 112 valence electrons. The van der Waals surface area contributed by atoms with E-state index in [-0.39, 0.29) is 5.56 Å². The summed E-state index contributed by atoms with van der Waals surface area (Å²) in [5.41, 5.74) is 0.961. The number of nitrogens with zero attached hydrogens (tertiary/aromatic N) is 2. The molecule has 3 rings (SSSR count). The molecule has 2 saturated heterocycles. The van der Waals surface area contributed by atoms with Crippen LogP contribution in [0, 0.1) is 17.1 Å². The molecule has 2 fully saturated rings. The molecule has 0 aliphatic carbocycles. The Morgan fingerprint density at radius 2 is 2.05 bits per heavy atom.